The van der Waals surface area contributed by atoms with Crippen LogP contribution >= 0.6 is 0 Å². The molecule has 0 bridgehead atoms. The molecule has 2 rings (SSSR count). The van der Waals surface area contributed by atoms with Crippen molar-refractivity contribution in [3.8, 4) is 0 Å². The van der Waals surface area contributed by atoms with Gasteiger partial charge < -0.3 is 15.1 Å². The number of furan rings is 1. The van der Waals surface area contributed by atoms with E-state index in [-0.39, 0.29) is 11.1 Å². The zero-order chi connectivity index (χ0) is 16.2. The van der Waals surface area contributed by atoms with Crippen LogP contribution in [-0.4, -0.2) is 31.7 Å². The van der Waals surface area contributed by atoms with Gasteiger partial charge in [0, 0.05) is 18.7 Å². The minimum absolute atomic E-state index is 0.0374. The van der Waals surface area contributed by atoms with E-state index in [4.69, 9.17) is 4.42 Å². The van der Waals surface area contributed by atoms with Crippen molar-refractivity contribution in [1.29, 1.82) is 0 Å². The van der Waals surface area contributed by atoms with E-state index < -0.39 is 15.9 Å². The first-order valence-corrected chi connectivity index (χ1v) is 8.50. The SMILES string of the molecule is C[C@@H](Cc1ccco1)NC(=O)Nc1ccc(S(C)(=O)=O)nc1. The highest BCUT2D eigenvalue weighted by atomic mass is 32.2. The molecule has 0 aliphatic rings. The first kappa shape index (κ1) is 16.0. The van der Waals surface area contributed by atoms with Gasteiger partial charge in [-0.05, 0) is 31.2 Å². The summed E-state index contributed by atoms with van der Waals surface area (Å²) in [5, 5.41) is 5.31. The van der Waals surface area contributed by atoms with Crippen molar-refractivity contribution >= 4 is 21.6 Å². The Kier molecular flexibility index (Phi) is 4.81. The van der Waals surface area contributed by atoms with Crippen LogP contribution in [0.2, 0.25) is 0 Å². The van der Waals surface area contributed by atoms with Crippen molar-refractivity contribution in [3.05, 3.63) is 42.5 Å². The highest BCUT2D eigenvalue weighted by Crippen LogP contribution is 2.10. The van der Waals surface area contributed by atoms with Crippen LogP contribution in [0.15, 0.2) is 46.2 Å². The summed E-state index contributed by atoms with van der Waals surface area (Å²) in [4.78, 5) is 15.6. The lowest BCUT2D eigenvalue weighted by Gasteiger charge is -2.13. The molecule has 2 amide bonds. The van der Waals surface area contributed by atoms with E-state index in [2.05, 4.69) is 15.6 Å². The second-order valence-electron chi connectivity index (χ2n) is 4.94. The van der Waals surface area contributed by atoms with Gasteiger partial charge in [0.2, 0.25) is 0 Å². The molecule has 0 aromatic carbocycles. The van der Waals surface area contributed by atoms with E-state index >= 15 is 0 Å². The summed E-state index contributed by atoms with van der Waals surface area (Å²) in [6.45, 7) is 1.85. The molecular formula is C14H17N3O4S. The monoisotopic (exact) mass is 323 g/mol. The Balaban J connectivity index is 1.89. The summed E-state index contributed by atoms with van der Waals surface area (Å²) in [6, 6.07) is 5.95. The van der Waals surface area contributed by atoms with E-state index in [0.717, 1.165) is 12.0 Å². The molecule has 1 atom stereocenters. The van der Waals surface area contributed by atoms with Crippen LogP contribution in [-0.2, 0) is 16.3 Å². The molecule has 0 unspecified atom stereocenters. The summed E-state index contributed by atoms with van der Waals surface area (Å²) in [7, 11) is -3.35. The molecule has 8 heteroatoms. The Bertz CT molecular complexity index is 724. The van der Waals surface area contributed by atoms with Crippen molar-refractivity contribution in [2.45, 2.75) is 24.4 Å². The van der Waals surface area contributed by atoms with Crippen molar-refractivity contribution in [1.82, 2.24) is 10.3 Å². The van der Waals surface area contributed by atoms with Crippen molar-refractivity contribution < 1.29 is 17.6 Å². The highest BCUT2D eigenvalue weighted by molar-refractivity contribution is 7.90. The number of pyridine rings is 1. The van der Waals surface area contributed by atoms with Crippen molar-refractivity contribution in [2.24, 2.45) is 0 Å². The molecular weight excluding hydrogens is 306 g/mol. The number of sulfone groups is 1. The molecule has 0 spiro atoms. The normalized spacial score (nSPS) is 12.6. The van der Waals surface area contributed by atoms with E-state index in [1.807, 2.05) is 13.0 Å². The molecule has 118 valence electrons. The molecule has 2 N–H and O–H groups in total. The summed E-state index contributed by atoms with van der Waals surface area (Å²) in [5.74, 6) is 0.784. The Labute approximate surface area is 128 Å². The Morgan fingerprint density at radius 2 is 2.14 bits per heavy atom. The third-order valence-corrected chi connectivity index (χ3v) is 3.84. The third-order valence-electron chi connectivity index (χ3n) is 2.84. The number of nitrogens with one attached hydrogen (secondary N) is 2. The van der Waals surface area contributed by atoms with Gasteiger partial charge in [0.25, 0.3) is 0 Å². The van der Waals surface area contributed by atoms with Crippen LogP contribution in [0.5, 0.6) is 0 Å². The highest BCUT2D eigenvalue weighted by Gasteiger charge is 2.11. The van der Waals surface area contributed by atoms with Gasteiger partial charge in [-0.25, -0.2) is 18.2 Å². The summed E-state index contributed by atoms with van der Waals surface area (Å²) in [6.07, 6.45) is 4.53. The lowest BCUT2D eigenvalue weighted by atomic mass is 10.2. The molecule has 2 heterocycles. The third kappa shape index (κ3) is 4.59. The summed E-state index contributed by atoms with van der Waals surface area (Å²) < 4.78 is 27.8. The second kappa shape index (κ2) is 6.61. The number of carbonyl (C=O) groups excluding carboxylic acids is 1. The number of hydrogen-bond donors (Lipinski definition) is 2. The molecule has 22 heavy (non-hydrogen) atoms. The lowest BCUT2D eigenvalue weighted by Crippen LogP contribution is -2.37. The number of nitrogens with zero attached hydrogens (tertiary/aromatic N) is 1. The lowest BCUT2D eigenvalue weighted by molar-refractivity contribution is 0.248. The minimum atomic E-state index is -3.35. The molecule has 2 aromatic rings. The first-order valence-electron chi connectivity index (χ1n) is 6.60. The molecule has 0 aliphatic carbocycles. The average molecular weight is 323 g/mol. The molecule has 2 aromatic heterocycles. The van der Waals surface area contributed by atoms with Gasteiger partial charge in [-0.2, -0.15) is 0 Å². The van der Waals surface area contributed by atoms with Gasteiger partial charge in [-0.3, -0.25) is 0 Å². The maximum Gasteiger partial charge on any atom is 0.319 e. The van der Waals surface area contributed by atoms with Crippen LogP contribution in [0.25, 0.3) is 0 Å². The molecule has 0 saturated heterocycles. The Morgan fingerprint density at radius 3 is 2.68 bits per heavy atom. The molecule has 0 saturated carbocycles. The van der Waals surface area contributed by atoms with E-state index in [9.17, 15) is 13.2 Å². The fourth-order valence-corrected chi connectivity index (χ4v) is 2.41. The van der Waals surface area contributed by atoms with E-state index in [0.29, 0.717) is 12.1 Å². The fraction of sp³-hybridized carbons (Fsp3) is 0.286. The van der Waals surface area contributed by atoms with Crippen molar-refractivity contribution in [3.63, 3.8) is 0 Å². The van der Waals surface area contributed by atoms with Gasteiger partial charge in [0.15, 0.2) is 14.9 Å². The maximum absolute atomic E-state index is 11.8. The van der Waals surface area contributed by atoms with Crippen LogP contribution < -0.4 is 10.6 Å². The fourth-order valence-electron chi connectivity index (χ4n) is 1.85. The van der Waals surface area contributed by atoms with Gasteiger partial charge in [0.05, 0.1) is 18.1 Å². The topological polar surface area (TPSA) is 101 Å². The van der Waals surface area contributed by atoms with Crippen LogP contribution in [0.1, 0.15) is 12.7 Å². The standard InChI is InChI=1S/C14H17N3O4S/c1-10(8-12-4-3-7-21-12)16-14(18)17-11-5-6-13(15-9-11)22(2,19)20/h3-7,9-10H,8H2,1-2H3,(H2,16,17,18)/t10-/m0/s1. The van der Waals surface area contributed by atoms with E-state index in [1.165, 1.54) is 18.3 Å². The molecule has 0 aliphatic heterocycles. The predicted octanol–water partition coefficient (Wildman–Crippen LogP) is 1.83. The number of carbonyl (C=O) groups is 1. The molecule has 0 fully saturated rings. The quantitative estimate of drug-likeness (QED) is 0.874. The maximum atomic E-state index is 11.8. The average Bonchev–Trinajstić information content (AvgIpc) is 2.90. The van der Waals surface area contributed by atoms with Gasteiger partial charge in [-0.15, -0.1) is 0 Å². The van der Waals surface area contributed by atoms with Gasteiger partial charge in [0.1, 0.15) is 5.76 Å². The number of rotatable bonds is 5. The smallest absolute Gasteiger partial charge is 0.319 e. The zero-order valence-electron chi connectivity index (χ0n) is 12.2. The summed E-state index contributed by atoms with van der Waals surface area (Å²) >= 11 is 0. The number of amides is 2. The predicted molar refractivity (Wildman–Crippen MR) is 81.4 cm³/mol. The van der Waals surface area contributed by atoms with Gasteiger partial charge in [-0.1, -0.05) is 0 Å². The minimum Gasteiger partial charge on any atom is -0.469 e. The second-order valence-corrected chi connectivity index (χ2v) is 6.90. The zero-order valence-corrected chi connectivity index (χ0v) is 13.1. The number of urea groups is 1. The Morgan fingerprint density at radius 1 is 1.36 bits per heavy atom. The first-order chi connectivity index (χ1) is 10.3. The van der Waals surface area contributed by atoms with Crippen LogP contribution in [0.3, 0.4) is 0 Å². The van der Waals surface area contributed by atoms with Crippen LogP contribution in [0.4, 0.5) is 10.5 Å². The van der Waals surface area contributed by atoms with Crippen molar-refractivity contribution in [2.75, 3.05) is 11.6 Å². The van der Waals surface area contributed by atoms with E-state index in [1.54, 1.807) is 12.3 Å². The largest absolute Gasteiger partial charge is 0.469 e. The molecule has 0 radical (unpaired) electrons. The Hall–Kier alpha value is -2.35. The van der Waals surface area contributed by atoms with Gasteiger partial charge >= 0.3 is 6.03 Å². The number of anilines is 1. The summed E-state index contributed by atoms with van der Waals surface area (Å²) in [5.41, 5.74) is 0.412. The number of hydrogen-bond acceptors (Lipinski definition) is 5. The number of aromatic nitrogens is 1. The molecule has 7 nitrogen and oxygen atoms in total. The van der Waals surface area contributed by atoms with Crippen LogP contribution in [0, 0.1) is 0 Å².